The van der Waals surface area contributed by atoms with Gasteiger partial charge < -0.3 is 15.0 Å². The molecule has 2 unspecified atom stereocenters. The number of amides is 2. The third-order valence-electron chi connectivity index (χ3n) is 7.58. The van der Waals surface area contributed by atoms with Gasteiger partial charge in [-0.25, -0.2) is 8.42 Å². The van der Waals surface area contributed by atoms with E-state index in [1.165, 1.54) is 17.0 Å². The Morgan fingerprint density at radius 2 is 1.41 bits per heavy atom. The number of nitrogens with one attached hydrogen (secondary N) is 1. The van der Waals surface area contributed by atoms with Crippen LogP contribution in [0, 0.1) is 0 Å². The fourth-order valence-corrected chi connectivity index (χ4v) is 6.59. The predicted octanol–water partition coefficient (Wildman–Crippen LogP) is 6.60. The second-order valence-electron chi connectivity index (χ2n) is 10.9. The SMILES string of the molecule is CCOc1ccc(N(CC(=O)N(Cc2ccccc2)C(Cc2ccccc2)C(=O)NC(C)CC)S(=O)(=O)c2ccc(Br)cc2)cc1. The van der Waals surface area contributed by atoms with Crippen molar-refractivity contribution in [3.8, 4) is 5.75 Å². The summed E-state index contributed by atoms with van der Waals surface area (Å²) in [4.78, 5) is 30.0. The average molecular weight is 707 g/mol. The number of sulfonamides is 1. The smallest absolute Gasteiger partial charge is 0.264 e. The van der Waals surface area contributed by atoms with Crippen LogP contribution in [0.1, 0.15) is 38.3 Å². The topological polar surface area (TPSA) is 96.0 Å². The van der Waals surface area contributed by atoms with Gasteiger partial charge in [-0.2, -0.15) is 0 Å². The lowest BCUT2D eigenvalue weighted by Gasteiger charge is -2.34. The Balaban J connectivity index is 1.79. The molecule has 4 rings (SSSR count). The zero-order valence-corrected chi connectivity index (χ0v) is 28.7. The molecule has 1 N–H and O–H groups in total. The van der Waals surface area contributed by atoms with E-state index in [0.29, 0.717) is 24.5 Å². The van der Waals surface area contributed by atoms with Gasteiger partial charge in [-0.15, -0.1) is 0 Å². The summed E-state index contributed by atoms with van der Waals surface area (Å²) in [5.74, 6) is -0.238. The van der Waals surface area contributed by atoms with Crippen LogP contribution in [0.5, 0.6) is 5.75 Å². The second-order valence-corrected chi connectivity index (χ2v) is 13.7. The maximum Gasteiger partial charge on any atom is 0.264 e. The number of ether oxygens (including phenoxy) is 1. The Hall–Kier alpha value is -4.15. The number of benzene rings is 4. The van der Waals surface area contributed by atoms with E-state index in [-0.39, 0.29) is 29.8 Å². The minimum Gasteiger partial charge on any atom is -0.494 e. The number of carbonyl (C=O) groups excluding carboxylic acids is 2. The van der Waals surface area contributed by atoms with Gasteiger partial charge in [0.1, 0.15) is 18.3 Å². The molecule has 0 aliphatic rings. The zero-order valence-electron chi connectivity index (χ0n) is 26.3. The molecule has 0 aromatic heterocycles. The number of rotatable bonds is 15. The van der Waals surface area contributed by atoms with Crippen LogP contribution in [-0.4, -0.2) is 50.4 Å². The van der Waals surface area contributed by atoms with Gasteiger partial charge in [0.25, 0.3) is 10.0 Å². The van der Waals surface area contributed by atoms with Crippen molar-refractivity contribution in [2.45, 2.75) is 57.1 Å². The molecule has 0 aliphatic heterocycles. The van der Waals surface area contributed by atoms with Crippen LogP contribution in [-0.2, 0) is 32.6 Å². The van der Waals surface area contributed by atoms with Crippen LogP contribution in [0.15, 0.2) is 119 Å². The molecule has 0 aliphatic carbocycles. The quantitative estimate of drug-likeness (QED) is 0.150. The Labute approximate surface area is 280 Å². The normalized spacial score (nSPS) is 12.5. The van der Waals surface area contributed by atoms with Crippen molar-refractivity contribution >= 4 is 43.5 Å². The van der Waals surface area contributed by atoms with Gasteiger partial charge in [-0.1, -0.05) is 83.5 Å². The van der Waals surface area contributed by atoms with Crippen molar-refractivity contribution in [3.63, 3.8) is 0 Å². The maximum absolute atomic E-state index is 14.5. The molecule has 0 radical (unpaired) electrons. The lowest BCUT2D eigenvalue weighted by Crippen LogP contribution is -2.54. The van der Waals surface area contributed by atoms with E-state index in [4.69, 9.17) is 4.74 Å². The van der Waals surface area contributed by atoms with Crippen LogP contribution >= 0.6 is 15.9 Å². The number of hydrogen-bond acceptors (Lipinski definition) is 5. The third kappa shape index (κ3) is 9.20. The molecule has 0 saturated carbocycles. The number of nitrogens with zero attached hydrogens (tertiary/aromatic N) is 2. The summed E-state index contributed by atoms with van der Waals surface area (Å²) in [6.45, 7) is 5.79. The second kappa shape index (κ2) is 16.4. The first-order chi connectivity index (χ1) is 22.1. The first-order valence-electron chi connectivity index (χ1n) is 15.3. The van der Waals surface area contributed by atoms with Crippen LogP contribution in [0.4, 0.5) is 5.69 Å². The van der Waals surface area contributed by atoms with Crippen LogP contribution in [0.3, 0.4) is 0 Å². The number of anilines is 1. The summed E-state index contributed by atoms with van der Waals surface area (Å²) in [5.41, 5.74) is 1.99. The molecule has 0 saturated heterocycles. The van der Waals surface area contributed by atoms with Gasteiger partial charge in [0.05, 0.1) is 17.2 Å². The van der Waals surface area contributed by atoms with Crippen molar-refractivity contribution in [1.82, 2.24) is 10.2 Å². The van der Waals surface area contributed by atoms with Gasteiger partial charge in [0, 0.05) is 23.5 Å². The van der Waals surface area contributed by atoms with Gasteiger partial charge >= 0.3 is 0 Å². The molecule has 0 spiro atoms. The summed E-state index contributed by atoms with van der Waals surface area (Å²) in [5, 5.41) is 3.05. The highest BCUT2D eigenvalue weighted by molar-refractivity contribution is 9.10. The van der Waals surface area contributed by atoms with E-state index >= 15 is 0 Å². The van der Waals surface area contributed by atoms with Crippen LogP contribution < -0.4 is 14.4 Å². The third-order valence-corrected chi connectivity index (χ3v) is 9.90. The minimum atomic E-state index is -4.20. The van der Waals surface area contributed by atoms with Gasteiger partial charge in [-0.05, 0) is 79.9 Å². The van der Waals surface area contributed by atoms with Crippen molar-refractivity contribution in [1.29, 1.82) is 0 Å². The lowest BCUT2D eigenvalue weighted by molar-refractivity contribution is -0.140. The van der Waals surface area contributed by atoms with E-state index in [2.05, 4.69) is 21.2 Å². The molecule has 4 aromatic carbocycles. The molecule has 8 nitrogen and oxygen atoms in total. The molecule has 0 heterocycles. The molecular formula is C36H40BrN3O5S. The summed E-state index contributed by atoms with van der Waals surface area (Å²) >= 11 is 3.37. The molecule has 46 heavy (non-hydrogen) atoms. The van der Waals surface area contributed by atoms with Gasteiger partial charge in [0.2, 0.25) is 11.8 Å². The molecule has 4 aromatic rings. The molecule has 0 fully saturated rings. The summed E-state index contributed by atoms with van der Waals surface area (Å²) in [7, 11) is -4.20. The van der Waals surface area contributed by atoms with E-state index in [1.807, 2.05) is 81.4 Å². The largest absolute Gasteiger partial charge is 0.494 e. The molecular weight excluding hydrogens is 666 g/mol. The highest BCUT2D eigenvalue weighted by atomic mass is 79.9. The van der Waals surface area contributed by atoms with Gasteiger partial charge in [0.15, 0.2) is 0 Å². The number of hydrogen-bond donors (Lipinski definition) is 1. The molecule has 0 bridgehead atoms. The predicted molar refractivity (Wildman–Crippen MR) is 185 cm³/mol. The van der Waals surface area contributed by atoms with Crippen LogP contribution in [0.25, 0.3) is 0 Å². The maximum atomic E-state index is 14.5. The number of carbonyl (C=O) groups is 2. The van der Waals surface area contributed by atoms with E-state index in [0.717, 1.165) is 19.9 Å². The lowest BCUT2D eigenvalue weighted by atomic mass is 10.0. The van der Waals surface area contributed by atoms with E-state index in [9.17, 15) is 18.0 Å². The van der Waals surface area contributed by atoms with Crippen molar-refractivity contribution in [2.75, 3.05) is 17.5 Å². The van der Waals surface area contributed by atoms with E-state index in [1.54, 1.807) is 36.4 Å². The Bertz CT molecular complexity index is 1670. The van der Waals surface area contributed by atoms with Crippen molar-refractivity contribution in [2.24, 2.45) is 0 Å². The molecule has 242 valence electrons. The Kier molecular flexibility index (Phi) is 12.4. The van der Waals surface area contributed by atoms with E-state index < -0.39 is 28.5 Å². The Morgan fingerprint density at radius 1 is 0.826 bits per heavy atom. The zero-order chi connectivity index (χ0) is 33.1. The summed E-state index contributed by atoms with van der Waals surface area (Å²) in [6, 6.07) is 30.7. The first kappa shape index (κ1) is 34.7. The average Bonchev–Trinajstić information content (AvgIpc) is 3.06. The molecule has 2 amide bonds. The minimum absolute atomic E-state index is 0.0299. The van der Waals surface area contributed by atoms with Crippen molar-refractivity contribution in [3.05, 3.63) is 125 Å². The Morgan fingerprint density at radius 3 is 1.98 bits per heavy atom. The molecule has 10 heteroatoms. The van der Waals surface area contributed by atoms with Crippen molar-refractivity contribution < 1.29 is 22.7 Å². The summed E-state index contributed by atoms with van der Waals surface area (Å²) in [6.07, 6.45) is 0.970. The standard InChI is InChI=1S/C36H40BrN3O5S/c1-4-27(3)38-36(42)34(24-28-12-8-6-9-13-28)39(25-29-14-10-7-11-15-29)35(41)26-40(31-18-20-32(21-19-31)45-5-2)46(43,44)33-22-16-30(37)17-23-33/h6-23,27,34H,4-5,24-26H2,1-3H3,(H,38,42). The number of halogens is 1. The summed E-state index contributed by atoms with van der Waals surface area (Å²) < 4.78 is 35.7. The highest BCUT2D eigenvalue weighted by Crippen LogP contribution is 2.28. The van der Waals surface area contributed by atoms with Gasteiger partial charge in [-0.3, -0.25) is 13.9 Å². The fraction of sp³-hybridized carbons (Fsp3) is 0.278. The fourth-order valence-electron chi connectivity index (χ4n) is 4.91. The highest BCUT2D eigenvalue weighted by Gasteiger charge is 2.35. The van der Waals surface area contributed by atoms with Crippen LogP contribution in [0.2, 0.25) is 0 Å². The molecule has 2 atom stereocenters. The first-order valence-corrected chi connectivity index (χ1v) is 17.5. The monoisotopic (exact) mass is 705 g/mol.